The smallest absolute Gasteiger partial charge is 0.246 e. The van der Waals surface area contributed by atoms with E-state index in [0.717, 1.165) is 5.69 Å². The molecule has 9 nitrogen and oxygen atoms in total. The zero-order valence-electron chi connectivity index (χ0n) is 13.9. The van der Waals surface area contributed by atoms with E-state index in [9.17, 15) is 8.42 Å². The standard InChI is InChI=1S/C14H20N6O3S/c1-9-14(10(2)18(3)16-9)24(21,22)19-5-4-12-13(7-19)23-8-11-6-15-17-20(11)12/h6,12-13H,4-5,7-8H2,1-3H3/t12-,13-/m1/s1. The molecule has 0 aromatic carbocycles. The second-order valence-corrected chi connectivity index (χ2v) is 8.24. The van der Waals surface area contributed by atoms with Crippen LogP contribution in [0.3, 0.4) is 0 Å². The fourth-order valence-corrected chi connectivity index (χ4v) is 5.50. The molecule has 10 heteroatoms. The van der Waals surface area contributed by atoms with E-state index in [0.29, 0.717) is 42.4 Å². The zero-order chi connectivity index (χ0) is 17.1. The molecule has 4 heterocycles. The molecule has 2 aliphatic heterocycles. The van der Waals surface area contributed by atoms with Gasteiger partial charge in [0.25, 0.3) is 0 Å². The lowest BCUT2D eigenvalue weighted by molar-refractivity contribution is -0.0544. The first-order chi connectivity index (χ1) is 11.4. The molecule has 0 aliphatic carbocycles. The Bertz CT molecular complexity index is 886. The van der Waals surface area contributed by atoms with Crippen LogP contribution in [0.1, 0.15) is 29.5 Å². The van der Waals surface area contributed by atoms with Crippen molar-refractivity contribution in [2.24, 2.45) is 7.05 Å². The summed E-state index contributed by atoms with van der Waals surface area (Å²) in [5.41, 5.74) is 2.12. The van der Waals surface area contributed by atoms with Crippen molar-refractivity contribution in [3.8, 4) is 0 Å². The SMILES string of the molecule is Cc1nn(C)c(C)c1S(=O)(=O)N1CC[C@@H]2[C@@H](C1)OCc1cnnn12. The van der Waals surface area contributed by atoms with Crippen molar-refractivity contribution in [3.63, 3.8) is 0 Å². The number of hydrogen-bond donors (Lipinski definition) is 0. The first-order valence-electron chi connectivity index (χ1n) is 7.90. The maximum absolute atomic E-state index is 13.1. The third kappa shape index (κ3) is 2.20. The van der Waals surface area contributed by atoms with Gasteiger partial charge in [0, 0.05) is 20.1 Å². The molecule has 0 saturated carbocycles. The number of aromatic nitrogens is 5. The maximum atomic E-state index is 13.1. The summed E-state index contributed by atoms with van der Waals surface area (Å²) in [6.45, 7) is 4.66. The average Bonchev–Trinajstić information content (AvgIpc) is 3.11. The van der Waals surface area contributed by atoms with Crippen LogP contribution in [0, 0.1) is 13.8 Å². The third-order valence-electron chi connectivity index (χ3n) is 4.94. The lowest BCUT2D eigenvalue weighted by Gasteiger charge is -2.40. The van der Waals surface area contributed by atoms with E-state index in [-0.39, 0.29) is 12.1 Å². The molecule has 2 aromatic rings. The number of nitrogens with zero attached hydrogens (tertiary/aromatic N) is 6. The molecule has 1 fully saturated rings. The first kappa shape index (κ1) is 15.7. The molecule has 2 atom stereocenters. The lowest BCUT2D eigenvalue weighted by atomic mass is 10.0. The molecular weight excluding hydrogens is 332 g/mol. The predicted octanol–water partition coefficient (Wildman–Crippen LogP) is 0.163. The predicted molar refractivity (Wildman–Crippen MR) is 83.7 cm³/mol. The summed E-state index contributed by atoms with van der Waals surface area (Å²) in [7, 11) is -1.84. The van der Waals surface area contributed by atoms with Gasteiger partial charge in [0.15, 0.2) is 0 Å². The molecule has 1 saturated heterocycles. The van der Waals surface area contributed by atoms with Crippen molar-refractivity contribution in [1.82, 2.24) is 29.1 Å². The van der Waals surface area contributed by atoms with Gasteiger partial charge in [-0.2, -0.15) is 9.40 Å². The highest BCUT2D eigenvalue weighted by Crippen LogP contribution is 2.33. The van der Waals surface area contributed by atoms with Crippen LogP contribution in [0.5, 0.6) is 0 Å². The zero-order valence-corrected chi connectivity index (χ0v) is 14.7. The lowest BCUT2D eigenvalue weighted by Crippen LogP contribution is -2.50. The molecule has 0 radical (unpaired) electrons. The highest BCUT2D eigenvalue weighted by molar-refractivity contribution is 7.89. The number of sulfonamides is 1. The molecule has 0 bridgehead atoms. The Morgan fingerprint density at radius 2 is 2.12 bits per heavy atom. The largest absolute Gasteiger partial charge is 0.368 e. The van der Waals surface area contributed by atoms with Crippen LogP contribution in [0.25, 0.3) is 0 Å². The monoisotopic (exact) mass is 352 g/mol. The van der Waals surface area contributed by atoms with Crippen LogP contribution < -0.4 is 0 Å². The van der Waals surface area contributed by atoms with Crippen LogP contribution in [0.2, 0.25) is 0 Å². The second kappa shape index (κ2) is 5.36. The van der Waals surface area contributed by atoms with Gasteiger partial charge in [0.2, 0.25) is 10.0 Å². The topological polar surface area (TPSA) is 95.1 Å². The van der Waals surface area contributed by atoms with Gasteiger partial charge in [0.1, 0.15) is 4.90 Å². The van der Waals surface area contributed by atoms with Gasteiger partial charge in [-0.3, -0.25) is 4.68 Å². The fourth-order valence-electron chi connectivity index (χ4n) is 3.63. The molecule has 2 aliphatic rings. The van der Waals surface area contributed by atoms with Crippen LogP contribution >= 0.6 is 0 Å². The molecule has 0 spiro atoms. The number of fused-ring (bicyclic) bond motifs is 3. The number of ether oxygens (including phenoxy) is 1. The number of piperidine rings is 1. The van der Waals surface area contributed by atoms with Crippen LogP contribution in [-0.4, -0.2) is 56.7 Å². The summed E-state index contributed by atoms with van der Waals surface area (Å²) >= 11 is 0. The Labute approximate surface area is 140 Å². The van der Waals surface area contributed by atoms with Crippen LogP contribution in [0.15, 0.2) is 11.1 Å². The Morgan fingerprint density at radius 3 is 2.83 bits per heavy atom. The minimum Gasteiger partial charge on any atom is -0.368 e. The summed E-state index contributed by atoms with van der Waals surface area (Å²) < 4.78 is 37.0. The Morgan fingerprint density at radius 1 is 1.33 bits per heavy atom. The number of aryl methyl sites for hydroxylation is 2. The normalized spacial score (nSPS) is 24.6. The fraction of sp³-hybridized carbons (Fsp3) is 0.643. The number of hydrogen-bond acceptors (Lipinski definition) is 6. The molecule has 2 aromatic heterocycles. The van der Waals surface area contributed by atoms with Crippen LogP contribution in [-0.2, 0) is 28.4 Å². The highest BCUT2D eigenvalue weighted by Gasteiger charge is 2.41. The first-order valence-corrected chi connectivity index (χ1v) is 9.34. The summed E-state index contributed by atoms with van der Waals surface area (Å²) in [5.74, 6) is 0. The Hall–Kier alpha value is -1.78. The van der Waals surface area contributed by atoms with Crippen molar-refractivity contribution >= 4 is 10.0 Å². The van der Waals surface area contributed by atoms with E-state index in [2.05, 4.69) is 15.4 Å². The average molecular weight is 352 g/mol. The van der Waals surface area contributed by atoms with Gasteiger partial charge in [0.05, 0.1) is 42.0 Å². The molecule has 0 amide bonds. The second-order valence-electron chi connectivity index (χ2n) is 6.36. The molecule has 130 valence electrons. The van der Waals surface area contributed by atoms with Crippen molar-refractivity contribution in [3.05, 3.63) is 23.3 Å². The van der Waals surface area contributed by atoms with E-state index in [4.69, 9.17) is 4.74 Å². The molecular formula is C14H20N6O3S. The summed E-state index contributed by atoms with van der Waals surface area (Å²) in [6, 6.07) is 0.0405. The summed E-state index contributed by atoms with van der Waals surface area (Å²) in [4.78, 5) is 0.306. The third-order valence-corrected chi connectivity index (χ3v) is 7.05. The van der Waals surface area contributed by atoms with E-state index in [1.54, 1.807) is 31.8 Å². The van der Waals surface area contributed by atoms with E-state index in [1.165, 1.54) is 4.31 Å². The van der Waals surface area contributed by atoms with Crippen molar-refractivity contribution < 1.29 is 13.2 Å². The molecule has 24 heavy (non-hydrogen) atoms. The van der Waals surface area contributed by atoms with Gasteiger partial charge >= 0.3 is 0 Å². The van der Waals surface area contributed by atoms with E-state index in [1.807, 2.05) is 4.68 Å². The van der Waals surface area contributed by atoms with Crippen LogP contribution in [0.4, 0.5) is 0 Å². The van der Waals surface area contributed by atoms with Crippen molar-refractivity contribution in [1.29, 1.82) is 0 Å². The van der Waals surface area contributed by atoms with Crippen molar-refractivity contribution in [2.75, 3.05) is 13.1 Å². The van der Waals surface area contributed by atoms with Gasteiger partial charge in [-0.05, 0) is 20.3 Å². The van der Waals surface area contributed by atoms with Gasteiger partial charge in [-0.25, -0.2) is 13.1 Å². The minimum atomic E-state index is -3.59. The van der Waals surface area contributed by atoms with Gasteiger partial charge < -0.3 is 4.74 Å². The summed E-state index contributed by atoms with van der Waals surface area (Å²) in [5, 5.41) is 12.3. The summed E-state index contributed by atoms with van der Waals surface area (Å²) in [6.07, 6.45) is 2.14. The Balaban J connectivity index is 1.63. The van der Waals surface area contributed by atoms with E-state index < -0.39 is 10.0 Å². The highest BCUT2D eigenvalue weighted by atomic mass is 32.2. The van der Waals surface area contributed by atoms with Crippen molar-refractivity contribution in [2.45, 2.75) is 43.9 Å². The molecule has 0 unspecified atom stereocenters. The quantitative estimate of drug-likeness (QED) is 0.764. The van der Waals surface area contributed by atoms with Gasteiger partial charge in [-0.15, -0.1) is 5.10 Å². The molecule has 0 N–H and O–H groups in total. The van der Waals surface area contributed by atoms with Gasteiger partial charge in [-0.1, -0.05) is 5.21 Å². The Kier molecular flexibility index (Phi) is 3.52. The molecule has 4 rings (SSSR count). The van der Waals surface area contributed by atoms with E-state index >= 15 is 0 Å². The minimum absolute atomic E-state index is 0.0405. The maximum Gasteiger partial charge on any atom is 0.246 e. The number of rotatable bonds is 2.